The summed E-state index contributed by atoms with van der Waals surface area (Å²) in [6, 6.07) is 15.8. The molecule has 0 bridgehead atoms. The fourth-order valence-corrected chi connectivity index (χ4v) is 2.02. The standard InChI is InChI=1S/C15H16ClNO/c1-11(12-6-3-2-4-7-12)17-10-13-8-5-9-14(16)15(13)18/h2-9,11,17-18H,10H2,1H3/t11-/m0/s1. The van der Waals surface area contributed by atoms with E-state index in [0.29, 0.717) is 11.6 Å². The molecule has 1 atom stereocenters. The average molecular weight is 262 g/mol. The van der Waals surface area contributed by atoms with Crippen LogP contribution in [0.1, 0.15) is 24.1 Å². The monoisotopic (exact) mass is 261 g/mol. The number of benzene rings is 2. The maximum atomic E-state index is 9.81. The third kappa shape index (κ3) is 3.03. The third-order valence-electron chi connectivity index (χ3n) is 2.97. The Labute approximate surface area is 112 Å². The summed E-state index contributed by atoms with van der Waals surface area (Å²) in [5, 5.41) is 13.6. The molecule has 0 saturated carbocycles. The zero-order chi connectivity index (χ0) is 13.0. The van der Waals surface area contributed by atoms with Gasteiger partial charge in [-0.3, -0.25) is 0 Å². The van der Waals surface area contributed by atoms with Crippen LogP contribution in [0.2, 0.25) is 5.02 Å². The van der Waals surface area contributed by atoms with E-state index >= 15 is 0 Å². The van der Waals surface area contributed by atoms with Gasteiger partial charge in [0.1, 0.15) is 5.75 Å². The van der Waals surface area contributed by atoms with Crippen molar-refractivity contribution in [2.24, 2.45) is 0 Å². The molecular weight excluding hydrogens is 246 g/mol. The molecule has 2 nitrogen and oxygen atoms in total. The highest BCUT2D eigenvalue weighted by atomic mass is 35.5. The van der Waals surface area contributed by atoms with E-state index in [2.05, 4.69) is 24.4 Å². The summed E-state index contributed by atoms with van der Waals surface area (Å²) in [4.78, 5) is 0. The Kier molecular flexibility index (Phi) is 4.24. The molecule has 2 rings (SSSR count). The summed E-state index contributed by atoms with van der Waals surface area (Å²) in [6.45, 7) is 2.68. The van der Waals surface area contributed by atoms with Crippen LogP contribution in [0.25, 0.3) is 0 Å². The van der Waals surface area contributed by atoms with E-state index in [1.165, 1.54) is 5.56 Å². The summed E-state index contributed by atoms with van der Waals surface area (Å²) in [7, 11) is 0. The highest BCUT2D eigenvalue weighted by molar-refractivity contribution is 6.32. The van der Waals surface area contributed by atoms with Crippen molar-refractivity contribution < 1.29 is 5.11 Å². The van der Waals surface area contributed by atoms with E-state index in [0.717, 1.165) is 5.56 Å². The molecule has 2 N–H and O–H groups in total. The molecule has 0 unspecified atom stereocenters. The predicted octanol–water partition coefficient (Wildman–Crippen LogP) is 3.90. The lowest BCUT2D eigenvalue weighted by atomic mass is 10.1. The second-order valence-corrected chi connectivity index (χ2v) is 4.67. The minimum Gasteiger partial charge on any atom is -0.506 e. The van der Waals surface area contributed by atoms with Crippen LogP contribution in [0.5, 0.6) is 5.75 Å². The van der Waals surface area contributed by atoms with Gasteiger partial charge in [-0.1, -0.05) is 54.1 Å². The number of hydrogen-bond acceptors (Lipinski definition) is 2. The maximum Gasteiger partial charge on any atom is 0.138 e. The number of phenols is 1. The molecule has 0 amide bonds. The molecule has 0 radical (unpaired) electrons. The summed E-state index contributed by atoms with van der Waals surface area (Å²) < 4.78 is 0. The van der Waals surface area contributed by atoms with Gasteiger partial charge < -0.3 is 10.4 Å². The zero-order valence-corrected chi connectivity index (χ0v) is 11.0. The molecule has 0 aliphatic rings. The second-order valence-electron chi connectivity index (χ2n) is 4.26. The van der Waals surface area contributed by atoms with Crippen LogP contribution in [-0.4, -0.2) is 5.11 Å². The van der Waals surface area contributed by atoms with Crippen molar-refractivity contribution in [1.82, 2.24) is 5.32 Å². The lowest BCUT2D eigenvalue weighted by Crippen LogP contribution is -2.18. The minimum atomic E-state index is 0.159. The molecule has 0 aliphatic heterocycles. The van der Waals surface area contributed by atoms with Gasteiger partial charge >= 0.3 is 0 Å². The smallest absolute Gasteiger partial charge is 0.138 e. The number of para-hydroxylation sites is 1. The minimum absolute atomic E-state index is 0.159. The molecule has 0 aromatic heterocycles. The molecule has 94 valence electrons. The SMILES string of the molecule is C[C@H](NCc1cccc(Cl)c1O)c1ccccc1. The average Bonchev–Trinajstić information content (AvgIpc) is 2.41. The largest absolute Gasteiger partial charge is 0.506 e. The van der Waals surface area contributed by atoms with E-state index in [4.69, 9.17) is 11.6 Å². The van der Waals surface area contributed by atoms with E-state index in [-0.39, 0.29) is 11.8 Å². The molecule has 2 aromatic rings. The quantitative estimate of drug-likeness (QED) is 0.875. The maximum absolute atomic E-state index is 9.81. The van der Waals surface area contributed by atoms with Gasteiger partial charge in [-0.25, -0.2) is 0 Å². The molecule has 0 fully saturated rings. The number of phenolic OH excluding ortho intramolecular Hbond substituents is 1. The molecular formula is C15H16ClNO. The van der Waals surface area contributed by atoms with Crippen molar-refractivity contribution in [2.45, 2.75) is 19.5 Å². The van der Waals surface area contributed by atoms with E-state index in [9.17, 15) is 5.11 Å². The first-order valence-electron chi connectivity index (χ1n) is 5.93. The van der Waals surface area contributed by atoms with Crippen molar-refractivity contribution in [3.63, 3.8) is 0 Å². The first-order valence-corrected chi connectivity index (χ1v) is 6.31. The Morgan fingerprint density at radius 2 is 1.83 bits per heavy atom. The van der Waals surface area contributed by atoms with Gasteiger partial charge in [0.05, 0.1) is 5.02 Å². The van der Waals surface area contributed by atoms with Crippen molar-refractivity contribution in [3.05, 3.63) is 64.7 Å². The predicted molar refractivity (Wildman–Crippen MR) is 74.8 cm³/mol. The molecule has 0 spiro atoms. The first-order chi connectivity index (χ1) is 8.68. The molecule has 0 saturated heterocycles. The van der Waals surface area contributed by atoms with Crippen LogP contribution in [0, 0.1) is 0 Å². The van der Waals surface area contributed by atoms with Gasteiger partial charge in [-0.2, -0.15) is 0 Å². The van der Waals surface area contributed by atoms with Gasteiger partial charge in [0.15, 0.2) is 0 Å². The number of halogens is 1. The molecule has 2 aromatic carbocycles. The third-order valence-corrected chi connectivity index (χ3v) is 3.27. The van der Waals surface area contributed by atoms with Crippen LogP contribution in [0.4, 0.5) is 0 Å². The van der Waals surface area contributed by atoms with Crippen molar-refractivity contribution in [3.8, 4) is 5.75 Å². The molecule has 18 heavy (non-hydrogen) atoms. The Bertz CT molecular complexity index is 513. The van der Waals surface area contributed by atoms with Crippen molar-refractivity contribution >= 4 is 11.6 Å². The van der Waals surface area contributed by atoms with Crippen LogP contribution < -0.4 is 5.32 Å². The van der Waals surface area contributed by atoms with E-state index in [1.807, 2.05) is 30.3 Å². The number of nitrogens with one attached hydrogen (secondary N) is 1. The lowest BCUT2D eigenvalue weighted by Gasteiger charge is -2.15. The molecule has 0 aliphatic carbocycles. The van der Waals surface area contributed by atoms with Crippen LogP contribution >= 0.6 is 11.6 Å². The van der Waals surface area contributed by atoms with Crippen molar-refractivity contribution in [1.29, 1.82) is 0 Å². The number of hydrogen-bond donors (Lipinski definition) is 2. The highest BCUT2D eigenvalue weighted by Gasteiger charge is 2.08. The molecule has 0 heterocycles. The zero-order valence-electron chi connectivity index (χ0n) is 10.2. The fourth-order valence-electron chi connectivity index (χ4n) is 1.83. The van der Waals surface area contributed by atoms with Gasteiger partial charge in [0.25, 0.3) is 0 Å². The first kappa shape index (κ1) is 12.9. The number of aromatic hydroxyl groups is 1. The van der Waals surface area contributed by atoms with Gasteiger partial charge in [0, 0.05) is 18.2 Å². The number of rotatable bonds is 4. The highest BCUT2D eigenvalue weighted by Crippen LogP contribution is 2.27. The summed E-state index contributed by atoms with van der Waals surface area (Å²) in [6.07, 6.45) is 0. The van der Waals surface area contributed by atoms with Crippen molar-refractivity contribution in [2.75, 3.05) is 0 Å². The topological polar surface area (TPSA) is 32.3 Å². The summed E-state index contributed by atoms with van der Waals surface area (Å²) >= 11 is 5.87. The van der Waals surface area contributed by atoms with E-state index in [1.54, 1.807) is 6.07 Å². The van der Waals surface area contributed by atoms with Gasteiger partial charge in [-0.05, 0) is 18.6 Å². The Morgan fingerprint density at radius 1 is 1.11 bits per heavy atom. The Balaban J connectivity index is 2.02. The van der Waals surface area contributed by atoms with Crippen LogP contribution in [0.3, 0.4) is 0 Å². The second kappa shape index (κ2) is 5.89. The van der Waals surface area contributed by atoms with Crippen LogP contribution in [0.15, 0.2) is 48.5 Å². The van der Waals surface area contributed by atoms with Crippen LogP contribution in [-0.2, 0) is 6.54 Å². The summed E-state index contributed by atoms with van der Waals surface area (Å²) in [5.41, 5.74) is 2.03. The van der Waals surface area contributed by atoms with Gasteiger partial charge in [0.2, 0.25) is 0 Å². The normalized spacial score (nSPS) is 12.3. The Morgan fingerprint density at radius 3 is 2.56 bits per heavy atom. The Hall–Kier alpha value is -1.51. The van der Waals surface area contributed by atoms with E-state index < -0.39 is 0 Å². The fraction of sp³-hybridized carbons (Fsp3) is 0.200. The van der Waals surface area contributed by atoms with Gasteiger partial charge in [-0.15, -0.1) is 0 Å². The lowest BCUT2D eigenvalue weighted by molar-refractivity contribution is 0.460. The molecule has 3 heteroatoms. The summed E-state index contributed by atoms with van der Waals surface area (Å²) in [5.74, 6) is 0.159.